The molecule has 31 heavy (non-hydrogen) atoms. The fraction of sp³-hybridized carbons (Fsp3) is 0.238. The van der Waals surface area contributed by atoms with Crippen LogP contribution in [0.2, 0.25) is 4.34 Å². The molecule has 6 nitrogen and oxygen atoms in total. The summed E-state index contributed by atoms with van der Waals surface area (Å²) < 4.78 is 30.9. The Kier molecular flexibility index (Phi) is 5.26. The summed E-state index contributed by atoms with van der Waals surface area (Å²) in [6.07, 6.45) is 1.08. The monoisotopic (exact) mass is 491 g/mol. The number of halogens is 1. The molecule has 4 aromatic rings. The fourth-order valence-corrected chi connectivity index (χ4v) is 8.32. The molecule has 160 valence electrons. The Bertz CT molecular complexity index is 1500. The number of rotatable bonds is 3. The van der Waals surface area contributed by atoms with Crippen molar-refractivity contribution in [2.45, 2.75) is 23.1 Å². The predicted molar refractivity (Wildman–Crippen MR) is 125 cm³/mol. The number of thiophene rings is 1. The van der Waals surface area contributed by atoms with Crippen LogP contribution in [0, 0.1) is 0 Å². The smallest absolute Gasteiger partial charge is 0.266 e. The largest absolute Gasteiger partial charge is 0.319 e. The number of hydrogen-bond acceptors (Lipinski definition) is 5. The van der Waals surface area contributed by atoms with Crippen LogP contribution >= 0.6 is 34.3 Å². The van der Waals surface area contributed by atoms with Gasteiger partial charge in [-0.25, -0.2) is 8.42 Å². The first-order chi connectivity index (χ1) is 14.9. The first kappa shape index (κ1) is 20.8. The van der Waals surface area contributed by atoms with Gasteiger partial charge in [-0.3, -0.25) is 4.79 Å². The van der Waals surface area contributed by atoms with Gasteiger partial charge < -0.3 is 4.57 Å². The zero-order valence-corrected chi connectivity index (χ0v) is 19.7. The van der Waals surface area contributed by atoms with E-state index < -0.39 is 22.0 Å². The van der Waals surface area contributed by atoms with Gasteiger partial charge in [-0.2, -0.15) is 9.30 Å². The maximum absolute atomic E-state index is 13.1. The summed E-state index contributed by atoms with van der Waals surface area (Å²) in [5.41, 5.74) is 1.01. The minimum Gasteiger partial charge on any atom is -0.319 e. The Balaban J connectivity index is 1.55. The van der Waals surface area contributed by atoms with Crippen LogP contribution in [0.15, 0.2) is 57.7 Å². The van der Waals surface area contributed by atoms with Gasteiger partial charge in [0.25, 0.3) is 15.9 Å². The van der Waals surface area contributed by atoms with Crippen molar-refractivity contribution in [3.63, 3.8) is 0 Å². The fourth-order valence-electron chi connectivity index (χ4n) is 4.02. The Labute approximate surface area is 192 Å². The molecule has 10 heteroatoms. The molecule has 5 rings (SSSR count). The van der Waals surface area contributed by atoms with Crippen molar-refractivity contribution in [3.8, 4) is 0 Å². The molecule has 0 bridgehead atoms. The highest BCUT2D eigenvalue weighted by Crippen LogP contribution is 2.32. The summed E-state index contributed by atoms with van der Waals surface area (Å²) in [5.74, 6) is -0.435. The summed E-state index contributed by atoms with van der Waals surface area (Å²) in [6.45, 7) is 0.299. The Hall–Kier alpha value is -2.04. The molecule has 1 aliphatic rings. The zero-order chi connectivity index (χ0) is 21.8. The molecule has 1 saturated heterocycles. The standard InChI is InChI=1S/C21H18ClN3O3S3/c1-24-19-14-6-3-2-5-13(14)8-9-16(19)29-21(24)23-20(26)15-7-4-12-25(15)31(27,28)18-11-10-17(22)30-18/h2-3,5-6,8-11,15H,4,7,12H2,1H3. The second-order valence-corrected chi connectivity index (χ2v) is 12.2. The predicted octanol–water partition coefficient (Wildman–Crippen LogP) is 4.39. The first-order valence-corrected chi connectivity index (χ1v) is 13.1. The van der Waals surface area contributed by atoms with Gasteiger partial charge in [0.2, 0.25) is 0 Å². The molecule has 2 aromatic heterocycles. The summed E-state index contributed by atoms with van der Waals surface area (Å²) in [7, 11) is -1.90. The Morgan fingerprint density at radius 3 is 2.71 bits per heavy atom. The molecule has 1 aliphatic heterocycles. The topological polar surface area (TPSA) is 71.7 Å². The van der Waals surface area contributed by atoms with Crippen LogP contribution < -0.4 is 4.80 Å². The van der Waals surface area contributed by atoms with Gasteiger partial charge in [-0.1, -0.05) is 53.3 Å². The number of aryl methyl sites for hydroxylation is 1. The van der Waals surface area contributed by atoms with Gasteiger partial charge in [-0.15, -0.1) is 11.3 Å². The molecule has 1 unspecified atom stereocenters. The highest BCUT2D eigenvalue weighted by atomic mass is 35.5. The third-order valence-electron chi connectivity index (χ3n) is 5.49. The number of aromatic nitrogens is 1. The normalized spacial score (nSPS) is 18.4. The van der Waals surface area contributed by atoms with E-state index in [0.29, 0.717) is 28.5 Å². The van der Waals surface area contributed by atoms with Crippen LogP contribution in [0.25, 0.3) is 21.0 Å². The van der Waals surface area contributed by atoms with E-state index in [2.05, 4.69) is 11.1 Å². The Morgan fingerprint density at radius 1 is 1.13 bits per heavy atom. The molecule has 0 spiro atoms. The van der Waals surface area contributed by atoms with Gasteiger partial charge >= 0.3 is 0 Å². The lowest BCUT2D eigenvalue weighted by molar-refractivity contribution is -0.121. The number of thiazole rings is 1. The number of fused-ring (bicyclic) bond motifs is 3. The highest BCUT2D eigenvalue weighted by Gasteiger charge is 2.40. The lowest BCUT2D eigenvalue weighted by atomic mass is 10.1. The quantitative estimate of drug-likeness (QED) is 0.426. The SMILES string of the molecule is Cn1c(=NC(=O)C2CCCN2S(=O)(=O)c2ccc(Cl)s2)sc2ccc3ccccc3c21. The molecular formula is C21H18ClN3O3S3. The number of sulfonamides is 1. The summed E-state index contributed by atoms with van der Waals surface area (Å²) in [4.78, 5) is 18.0. The summed E-state index contributed by atoms with van der Waals surface area (Å²) in [5, 5.41) is 2.20. The minimum absolute atomic E-state index is 0.149. The lowest BCUT2D eigenvalue weighted by Crippen LogP contribution is -2.40. The average Bonchev–Trinajstić information content (AvgIpc) is 3.48. The maximum atomic E-state index is 13.1. The highest BCUT2D eigenvalue weighted by molar-refractivity contribution is 7.91. The molecular weight excluding hydrogens is 474 g/mol. The zero-order valence-electron chi connectivity index (χ0n) is 16.5. The second-order valence-electron chi connectivity index (χ2n) is 7.36. The summed E-state index contributed by atoms with van der Waals surface area (Å²) >= 11 is 8.35. The number of carbonyl (C=O) groups is 1. The molecule has 1 atom stereocenters. The first-order valence-electron chi connectivity index (χ1n) is 9.69. The molecule has 0 aliphatic carbocycles. The van der Waals surface area contributed by atoms with Crippen LogP contribution in [0.4, 0.5) is 0 Å². The molecule has 1 fully saturated rings. The van der Waals surface area contributed by atoms with Crippen molar-refractivity contribution in [2.24, 2.45) is 12.0 Å². The number of hydrogen-bond donors (Lipinski definition) is 0. The van der Waals surface area contributed by atoms with Crippen LogP contribution in [0.5, 0.6) is 0 Å². The van der Waals surface area contributed by atoms with E-state index in [1.807, 2.05) is 41.9 Å². The van der Waals surface area contributed by atoms with E-state index in [0.717, 1.165) is 32.3 Å². The van der Waals surface area contributed by atoms with Crippen molar-refractivity contribution in [3.05, 3.63) is 57.7 Å². The van der Waals surface area contributed by atoms with Crippen LogP contribution in [-0.4, -0.2) is 35.8 Å². The Morgan fingerprint density at radius 2 is 1.94 bits per heavy atom. The van der Waals surface area contributed by atoms with Crippen molar-refractivity contribution < 1.29 is 13.2 Å². The molecule has 0 N–H and O–H groups in total. The van der Waals surface area contributed by atoms with Gasteiger partial charge in [0.15, 0.2) is 4.80 Å². The molecule has 2 aromatic carbocycles. The van der Waals surface area contributed by atoms with E-state index in [9.17, 15) is 13.2 Å². The maximum Gasteiger partial charge on any atom is 0.266 e. The van der Waals surface area contributed by atoms with Crippen LogP contribution in [0.1, 0.15) is 12.8 Å². The number of carbonyl (C=O) groups excluding carboxylic acids is 1. The summed E-state index contributed by atoms with van der Waals surface area (Å²) in [6, 6.07) is 14.4. The van der Waals surface area contributed by atoms with Crippen molar-refractivity contribution in [1.82, 2.24) is 8.87 Å². The third-order valence-corrected chi connectivity index (χ3v) is 10.2. The second kappa shape index (κ2) is 7.83. The van der Waals surface area contributed by atoms with Gasteiger partial charge in [0.05, 0.1) is 14.6 Å². The van der Waals surface area contributed by atoms with E-state index in [1.54, 1.807) is 6.07 Å². The third kappa shape index (κ3) is 3.54. The number of amides is 1. The van der Waals surface area contributed by atoms with Crippen molar-refractivity contribution in [1.29, 1.82) is 0 Å². The van der Waals surface area contributed by atoms with E-state index >= 15 is 0 Å². The lowest BCUT2D eigenvalue weighted by Gasteiger charge is -2.20. The molecule has 0 radical (unpaired) electrons. The molecule has 3 heterocycles. The minimum atomic E-state index is -3.78. The van der Waals surface area contributed by atoms with Crippen LogP contribution in [0.3, 0.4) is 0 Å². The molecule has 1 amide bonds. The van der Waals surface area contributed by atoms with Gasteiger partial charge in [0, 0.05) is 19.0 Å². The van der Waals surface area contributed by atoms with Crippen molar-refractivity contribution in [2.75, 3.05) is 6.54 Å². The average molecular weight is 492 g/mol. The van der Waals surface area contributed by atoms with Crippen LogP contribution in [-0.2, 0) is 21.9 Å². The number of benzene rings is 2. The van der Waals surface area contributed by atoms with E-state index in [-0.39, 0.29) is 4.21 Å². The number of nitrogens with zero attached hydrogens (tertiary/aromatic N) is 3. The molecule has 0 saturated carbocycles. The van der Waals surface area contributed by atoms with Crippen molar-refractivity contribution >= 4 is 71.2 Å². The van der Waals surface area contributed by atoms with E-state index in [1.165, 1.54) is 21.7 Å². The van der Waals surface area contributed by atoms with E-state index in [4.69, 9.17) is 11.6 Å². The van der Waals surface area contributed by atoms with Gasteiger partial charge in [-0.05, 0) is 36.4 Å². The van der Waals surface area contributed by atoms with Gasteiger partial charge in [0.1, 0.15) is 10.3 Å².